The molecule has 158 valence electrons. The molecule has 0 saturated carbocycles. The first-order chi connectivity index (χ1) is 14.7. The van der Waals surface area contributed by atoms with Gasteiger partial charge in [0.1, 0.15) is 0 Å². The van der Waals surface area contributed by atoms with Crippen molar-refractivity contribution < 1.29 is 23.8 Å². The molecule has 1 aromatic carbocycles. The van der Waals surface area contributed by atoms with Crippen LogP contribution in [0.25, 0.3) is 0 Å². The molecule has 2 amide bonds. The molecule has 8 heteroatoms. The van der Waals surface area contributed by atoms with E-state index in [1.165, 1.54) is 0 Å². The van der Waals surface area contributed by atoms with Crippen molar-refractivity contribution in [3.8, 4) is 11.5 Å². The summed E-state index contributed by atoms with van der Waals surface area (Å²) in [5.74, 6) is 0.935. The van der Waals surface area contributed by atoms with Gasteiger partial charge in [0.25, 0.3) is 0 Å². The second kappa shape index (κ2) is 8.28. The van der Waals surface area contributed by atoms with E-state index in [0.29, 0.717) is 31.1 Å². The van der Waals surface area contributed by atoms with E-state index < -0.39 is 0 Å². The van der Waals surface area contributed by atoms with Crippen molar-refractivity contribution in [2.45, 2.75) is 31.9 Å². The van der Waals surface area contributed by atoms with Crippen LogP contribution in [0.4, 0.5) is 5.69 Å². The number of hydrogen-bond acceptors (Lipinski definition) is 6. The van der Waals surface area contributed by atoms with Crippen molar-refractivity contribution in [2.24, 2.45) is 5.92 Å². The maximum atomic E-state index is 13.4. The minimum Gasteiger partial charge on any atom is -0.454 e. The topological polar surface area (TPSA) is 68.3 Å². The summed E-state index contributed by atoms with van der Waals surface area (Å²) in [5.41, 5.74) is 0.739. The van der Waals surface area contributed by atoms with Gasteiger partial charge in [-0.05, 0) is 36.4 Å². The highest BCUT2D eigenvalue weighted by Crippen LogP contribution is 2.37. The number of rotatable bonds is 6. The standard InChI is InChI=1S/C22H24N2O5S/c25-21-9-15(11-24(21)16-5-6-19-20(10-16)29-14-28-19)22(26)23(12-17-3-1-7-27-17)13-18-4-2-8-30-18/h2,4-6,8,10,15,17H,1,3,7,9,11-14H2. The van der Waals surface area contributed by atoms with E-state index in [2.05, 4.69) is 0 Å². The molecule has 7 nitrogen and oxygen atoms in total. The van der Waals surface area contributed by atoms with Crippen LogP contribution in [0.5, 0.6) is 11.5 Å². The number of ether oxygens (including phenoxy) is 3. The van der Waals surface area contributed by atoms with Crippen molar-refractivity contribution in [3.63, 3.8) is 0 Å². The number of carbonyl (C=O) groups is 2. The van der Waals surface area contributed by atoms with Crippen molar-refractivity contribution in [2.75, 3.05) is 31.4 Å². The zero-order valence-electron chi connectivity index (χ0n) is 16.6. The summed E-state index contributed by atoms with van der Waals surface area (Å²) in [7, 11) is 0. The molecule has 2 fully saturated rings. The maximum Gasteiger partial charge on any atom is 0.231 e. The number of nitrogens with zero attached hydrogens (tertiary/aromatic N) is 2. The summed E-state index contributed by atoms with van der Waals surface area (Å²) < 4.78 is 16.6. The van der Waals surface area contributed by atoms with Crippen LogP contribution >= 0.6 is 11.3 Å². The smallest absolute Gasteiger partial charge is 0.231 e. The molecule has 2 aromatic rings. The Kier molecular flexibility index (Phi) is 5.35. The van der Waals surface area contributed by atoms with E-state index in [-0.39, 0.29) is 37.0 Å². The number of benzene rings is 1. The molecule has 0 radical (unpaired) electrons. The molecule has 2 atom stereocenters. The minimum atomic E-state index is -0.357. The molecule has 2 saturated heterocycles. The number of carbonyl (C=O) groups excluding carboxylic acids is 2. The lowest BCUT2D eigenvalue weighted by Gasteiger charge is -2.27. The second-order valence-corrected chi connectivity index (χ2v) is 8.91. The maximum absolute atomic E-state index is 13.4. The number of hydrogen-bond donors (Lipinski definition) is 0. The summed E-state index contributed by atoms with van der Waals surface area (Å²) in [6.07, 6.45) is 2.31. The van der Waals surface area contributed by atoms with Gasteiger partial charge >= 0.3 is 0 Å². The molecule has 0 aliphatic carbocycles. The Balaban J connectivity index is 1.31. The number of amides is 2. The first kappa shape index (κ1) is 19.4. The zero-order valence-corrected chi connectivity index (χ0v) is 17.4. The number of anilines is 1. The summed E-state index contributed by atoms with van der Waals surface area (Å²) in [6, 6.07) is 9.49. The molecule has 30 heavy (non-hydrogen) atoms. The second-order valence-electron chi connectivity index (χ2n) is 7.88. The molecule has 0 spiro atoms. The normalized spacial score (nSPS) is 22.7. The highest BCUT2D eigenvalue weighted by atomic mass is 32.1. The predicted octanol–water partition coefficient (Wildman–Crippen LogP) is 3.04. The van der Waals surface area contributed by atoms with Crippen LogP contribution in [-0.2, 0) is 20.9 Å². The first-order valence-corrected chi connectivity index (χ1v) is 11.2. The van der Waals surface area contributed by atoms with E-state index in [1.54, 1.807) is 22.3 Å². The lowest BCUT2D eigenvalue weighted by molar-refractivity contribution is -0.138. The molecule has 0 N–H and O–H groups in total. The van der Waals surface area contributed by atoms with Crippen molar-refractivity contribution >= 4 is 28.8 Å². The molecule has 2 unspecified atom stereocenters. The Morgan fingerprint density at radius 2 is 2.13 bits per heavy atom. The Morgan fingerprint density at radius 3 is 2.93 bits per heavy atom. The molecule has 5 rings (SSSR count). The number of fused-ring (bicyclic) bond motifs is 1. The lowest BCUT2D eigenvalue weighted by Crippen LogP contribution is -2.41. The van der Waals surface area contributed by atoms with Gasteiger partial charge < -0.3 is 24.0 Å². The Morgan fingerprint density at radius 1 is 1.23 bits per heavy atom. The van der Waals surface area contributed by atoms with Crippen LogP contribution in [0.2, 0.25) is 0 Å². The molecule has 4 heterocycles. The number of thiophene rings is 1. The van der Waals surface area contributed by atoms with Crippen LogP contribution in [0.3, 0.4) is 0 Å². The summed E-state index contributed by atoms with van der Waals surface area (Å²) >= 11 is 1.64. The third kappa shape index (κ3) is 3.89. The third-order valence-electron chi connectivity index (χ3n) is 5.83. The van der Waals surface area contributed by atoms with E-state index in [4.69, 9.17) is 14.2 Å². The Hall–Kier alpha value is -2.58. The van der Waals surface area contributed by atoms with Gasteiger partial charge in [-0.25, -0.2) is 0 Å². The van der Waals surface area contributed by atoms with Gasteiger partial charge in [-0.2, -0.15) is 0 Å². The largest absolute Gasteiger partial charge is 0.454 e. The van der Waals surface area contributed by atoms with Crippen LogP contribution < -0.4 is 14.4 Å². The van der Waals surface area contributed by atoms with E-state index in [9.17, 15) is 9.59 Å². The van der Waals surface area contributed by atoms with Gasteiger partial charge in [0.15, 0.2) is 11.5 Å². The van der Waals surface area contributed by atoms with Crippen molar-refractivity contribution in [3.05, 3.63) is 40.6 Å². The van der Waals surface area contributed by atoms with Crippen molar-refractivity contribution in [1.29, 1.82) is 0 Å². The zero-order chi connectivity index (χ0) is 20.5. The lowest BCUT2D eigenvalue weighted by atomic mass is 10.1. The highest BCUT2D eigenvalue weighted by molar-refractivity contribution is 7.09. The Labute approximate surface area is 179 Å². The average molecular weight is 429 g/mol. The molecular weight excluding hydrogens is 404 g/mol. The summed E-state index contributed by atoms with van der Waals surface area (Å²) in [5, 5.41) is 2.02. The van der Waals surface area contributed by atoms with Gasteiger partial charge in [-0.15, -0.1) is 11.3 Å². The highest BCUT2D eigenvalue weighted by Gasteiger charge is 2.38. The van der Waals surface area contributed by atoms with Gasteiger partial charge in [0.05, 0.1) is 18.6 Å². The van der Waals surface area contributed by atoms with E-state index in [1.807, 2.05) is 34.5 Å². The quantitative estimate of drug-likeness (QED) is 0.708. The Bertz CT molecular complexity index is 926. The van der Waals surface area contributed by atoms with Crippen LogP contribution in [0.15, 0.2) is 35.7 Å². The van der Waals surface area contributed by atoms with Crippen LogP contribution in [0, 0.1) is 5.92 Å². The fourth-order valence-electron chi connectivity index (χ4n) is 4.29. The van der Waals surface area contributed by atoms with Gasteiger partial charge in [0.2, 0.25) is 18.6 Å². The van der Waals surface area contributed by atoms with Crippen LogP contribution in [0.1, 0.15) is 24.1 Å². The first-order valence-electron chi connectivity index (χ1n) is 10.3. The SMILES string of the molecule is O=C(C1CC(=O)N(c2ccc3c(c2)OCO3)C1)N(Cc1cccs1)CC1CCCO1. The minimum absolute atomic E-state index is 0.0236. The summed E-state index contributed by atoms with van der Waals surface area (Å²) in [4.78, 5) is 30.9. The van der Waals surface area contributed by atoms with Gasteiger partial charge in [-0.3, -0.25) is 9.59 Å². The van der Waals surface area contributed by atoms with Gasteiger partial charge in [-0.1, -0.05) is 6.07 Å². The third-order valence-corrected chi connectivity index (χ3v) is 6.69. The van der Waals surface area contributed by atoms with Gasteiger partial charge in [0, 0.05) is 42.7 Å². The fourth-order valence-corrected chi connectivity index (χ4v) is 5.01. The van der Waals surface area contributed by atoms with E-state index >= 15 is 0 Å². The molecule has 1 aromatic heterocycles. The molecule has 3 aliphatic heterocycles. The van der Waals surface area contributed by atoms with Crippen molar-refractivity contribution in [1.82, 2.24) is 4.90 Å². The van der Waals surface area contributed by atoms with E-state index in [0.717, 1.165) is 30.0 Å². The molecule has 3 aliphatic rings. The molecule has 0 bridgehead atoms. The van der Waals surface area contributed by atoms with Crippen LogP contribution in [-0.4, -0.2) is 49.3 Å². The predicted molar refractivity (Wildman–Crippen MR) is 112 cm³/mol. The monoisotopic (exact) mass is 428 g/mol. The fraction of sp³-hybridized carbons (Fsp3) is 0.455. The molecular formula is C22H24N2O5S. The summed E-state index contributed by atoms with van der Waals surface area (Å²) in [6.45, 7) is 2.46. The average Bonchev–Trinajstić information content (AvgIpc) is 3.54.